The van der Waals surface area contributed by atoms with Crippen molar-refractivity contribution in [3.8, 4) is 5.75 Å². The molecule has 160 valence electrons. The monoisotopic (exact) mass is 425 g/mol. The molecular formula is C18H18F3N5O4. The molecule has 0 aliphatic carbocycles. The molecular weight excluding hydrogens is 407 g/mol. The number of hydrogen-bond donors (Lipinski definition) is 2. The number of nitrogens with one attached hydrogen (secondary N) is 1. The van der Waals surface area contributed by atoms with Crippen molar-refractivity contribution in [2.24, 2.45) is 0 Å². The molecule has 3 heterocycles. The van der Waals surface area contributed by atoms with Crippen molar-refractivity contribution in [2.75, 3.05) is 13.2 Å². The Hall–Kier alpha value is -3.57. The Morgan fingerprint density at radius 2 is 2.07 bits per heavy atom. The lowest BCUT2D eigenvalue weighted by atomic mass is 10.2. The Balaban J connectivity index is 1.75. The van der Waals surface area contributed by atoms with Gasteiger partial charge in [-0.05, 0) is 26.0 Å². The fourth-order valence-electron chi connectivity index (χ4n) is 2.97. The fraction of sp³-hybridized carbons (Fsp3) is 0.333. The predicted molar refractivity (Wildman–Crippen MR) is 97.6 cm³/mol. The number of carboxylic acid groups (broad SMARTS) is 1. The molecule has 3 aromatic heterocycles. The second kappa shape index (κ2) is 8.05. The molecule has 3 aromatic rings. The van der Waals surface area contributed by atoms with Gasteiger partial charge in [-0.25, -0.2) is 9.78 Å². The summed E-state index contributed by atoms with van der Waals surface area (Å²) in [6, 6.07) is 3.43. The highest BCUT2D eigenvalue weighted by Crippen LogP contribution is 2.30. The average Bonchev–Trinajstić information content (AvgIpc) is 3.23. The number of carbonyl (C=O) groups is 2. The Labute approximate surface area is 168 Å². The minimum atomic E-state index is -4.89. The molecule has 30 heavy (non-hydrogen) atoms. The van der Waals surface area contributed by atoms with Crippen LogP contribution in [0.25, 0.3) is 5.65 Å². The smallest absolute Gasteiger partial charge is 0.436 e. The number of halogens is 3. The first-order chi connectivity index (χ1) is 14.1. The molecule has 0 saturated heterocycles. The molecule has 0 spiro atoms. The Bertz CT molecular complexity index is 1100. The van der Waals surface area contributed by atoms with Gasteiger partial charge in [-0.15, -0.1) is 0 Å². The molecule has 0 bridgehead atoms. The van der Waals surface area contributed by atoms with Crippen molar-refractivity contribution in [1.82, 2.24) is 24.5 Å². The molecule has 0 aromatic carbocycles. The van der Waals surface area contributed by atoms with Crippen LogP contribution in [0.15, 0.2) is 24.5 Å². The van der Waals surface area contributed by atoms with Crippen LogP contribution in [0, 0.1) is 6.92 Å². The highest BCUT2D eigenvalue weighted by molar-refractivity contribution is 5.95. The van der Waals surface area contributed by atoms with Crippen LogP contribution >= 0.6 is 0 Å². The highest BCUT2D eigenvalue weighted by atomic mass is 19.4. The van der Waals surface area contributed by atoms with Crippen LogP contribution in [0.2, 0.25) is 0 Å². The molecule has 0 atom stereocenters. The van der Waals surface area contributed by atoms with Crippen LogP contribution in [0.3, 0.4) is 0 Å². The Morgan fingerprint density at radius 1 is 1.33 bits per heavy atom. The molecule has 0 saturated carbocycles. The Morgan fingerprint density at radius 3 is 2.67 bits per heavy atom. The van der Waals surface area contributed by atoms with Crippen molar-refractivity contribution in [2.45, 2.75) is 26.6 Å². The third kappa shape index (κ3) is 4.07. The number of carbonyl (C=O) groups excluding carboxylic acids is 1. The van der Waals surface area contributed by atoms with E-state index in [2.05, 4.69) is 15.4 Å². The standard InChI is InChI=1S/C18H18F3N5O4/c1-3-30-12-5-4-7-26-13(10(2)23-15(12)26)16(27)22-6-8-25-9-11(17(28)29)14(24-25)18(19,20)21/h4-5,7,9H,3,6,8H2,1-2H3,(H,22,27)(H,28,29). The molecule has 0 aliphatic heterocycles. The summed E-state index contributed by atoms with van der Waals surface area (Å²) in [6.07, 6.45) is -2.46. The first-order valence-corrected chi connectivity index (χ1v) is 8.90. The third-order valence-electron chi connectivity index (χ3n) is 4.19. The SMILES string of the molecule is CCOc1cccn2c(C(=O)NCCn3cc(C(=O)O)c(C(F)(F)F)n3)c(C)nc12. The zero-order chi connectivity index (χ0) is 22.1. The van der Waals surface area contributed by atoms with Crippen molar-refractivity contribution >= 4 is 17.5 Å². The van der Waals surface area contributed by atoms with E-state index < -0.39 is 29.3 Å². The van der Waals surface area contributed by atoms with Gasteiger partial charge in [0.2, 0.25) is 0 Å². The summed E-state index contributed by atoms with van der Waals surface area (Å²) in [5.41, 5.74) is -1.26. The molecule has 0 unspecified atom stereocenters. The van der Waals surface area contributed by atoms with E-state index in [0.29, 0.717) is 23.7 Å². The maximum absolute atomic E-state index is 12.9. The molecule has 0 fully saturated rings. The lowest BCUT2D eigenvalue weighted by Gasteiger charge is -2.08. The molecule has 3 rings (SSSR count). The number of aromatic carboxylic acids is 1. The van der Waals surface area contributed by atoms with Gasteiger partial charge in [0.1, 0.15) is 11.3 Å². The van der Waals surface area contributed by atoms with Crippen LogP contribution in [0.5, 0.6) is 5.75 Å². The quantitative estimate of drug-likeness (QED) is 0.601. The van der Waals surface area contributed by atoms with Gasteiger partial charge in [0.25, 0.3) is 5.91 Å². The Kier molecular flexibility index (Phi) is 5.67. The van der Waals surface area contributed by atoms with Gasteiger partial charge in [-0.2, -0.15) is 18.3 Å². The second-order valence-corrected chi connectivity index (χ2v) is 6.26. The van der Waals surface area contributed by atoms with Crippen LogP contribution < -0.4 is 10.1 Å². The van der Waals surface area contributed by atoms with E-state index in [1.165, 1.54) is 0 Å². The number of imidazole rings is 1. The van der Waals surface area contributed by atoms with Crippen molar-refractivity contribution in [1.29, 1.82) is 0 Å². The number of aryl methyl sites for hydroxylation is 1. The van der Waals surface area contributed by atoms with Gasteiger partial charge in [-0.3, -0.25) is 13.9 Å². The first-order valence-electron chi connectivity index (χ1n) is 8.90. The van der Waals surface area contributed by atoms with E-state index in [-0.39, 0.29) is 18.8 Å². The number of amides is 1. The number of fused-ring (bicyclic) bond motifs is 1. The zero-order valence-electron chi connectivity index (χ0n) is 16.0. The van der Waals surface area contributed by atoms with E-state index in [4.69, 9.17) is 9.84 Å². The second-order valence-electron chi connectivity index (χ2n) is 6.26. The normalized spacial score (nSPS) is 11.6. The van der Waals surface area contributed by atoms with Gasteiger partial charge in [0.05, 0.1) is 18.8 Å². The van der Waals surface area contributed by atoms with Crippen LogP contribution in [-0.4, -0.2) is 49.3 Å². The molecule has 0 aliphatic rings. The topological polar surface area (TPSA) is 111 Å². The largest absolute Gasteiger partial charge is 0.490 e. The fourth-order valence-corrected chi connectivity index (χ4v) is 2.97. The van der Waals surface area contributed by atoms with Gasteiger partial charge >= 0.3 is 12.1 Å². The van der Waals surface area contributed by atoms with E-state index >= 15 is 0 Å². The minimum Gasteiger partial charge on any atom is -0.490 e. The number of carboxylic acids is 1. The number of ether oxygens (including phenoxy) is 1. The number of rotatable bonds is 7. The van der Waals surface area contributed by atoms with Crippen molar-refractivity contribution < 1.29 is 32.6 Å². The number of hydrogen-bond acceptors (Lipinski definition) is 5. The van der Waals surface area contributed by atoms with Crippen LogP contribution in [0.1, 0.15) is 39.2 Å². The van der Waals surface area contributed by atoms with Gasteiger partial charge in [0, 0.05) is 18.9 Å². The maximum atomic E-state index is 12.9. The lowest BCUT2D eigenvalue weighted by Crippen LogP contribution is -2.29. The van der Waals surface area contributed by atoms with E-state index in [1.54, 1.807) is 29.7 Å². The number of nitrogens with zero attached hydrogens (tertiary/aromatic N) is 4. The third-order valence-corrected chi connectivity index (χ3v) is 4.19. The summed E-state index contributed by atoms with van der Waals surface area (Å²) in [4.78, 5) is 28.0. The molecule has 9 nitrogen and oxygen atoms in total. The molecule has 1 amide bonds. The predicted octanol–water partition coefficient (Wildman–Crippen LogP) is 2.38. The van der Waals surface area contributed by atoms with E-state index in [0.717, 1.165) is 10.9 Å². The summed E-state index contributed by atoms with van der Waals surface area (Å²) >= 11 is 0. The minimum absolute atomic E-state index is 0.0747. The van der Waals surface area contributed by atoms with Crippen molar-refractivity contribution in [3.05, 3.63) is 47.2 Å². The zero-order valence-corrected chi connectivity index (χ0v) is 16.0. The summed E-state index contributed by atoms with van der Waals surface area (Å²) in [5, 5.41) is 14.8. The molecule has 12 heteroatoms. The number of pyridine rings is 1. The first kappa shape index (κ1) is 21.1. The van der Waals surface area contributed by atoms with Crippen LogP contribution in [-0.2, 0) is 12.7 Å². The number of alkyl halides is 3. The summed E-state index contributed by atoms with van der Waals surface area (Å²) in [5.74, 6) is -1.71. The van der Waals surface area contributed by atoms with Crippen LogP contribution in [0.4, 0.5) is 13.2 Å². The maximum Gasteiger partial charge on any atom is 0.436 e. The number of aromatic nitrogens is 4. The highest BCUT2D eigenvalue weighted by Gasteiger charge is 2.39. The molecule has 0 radical (unpaired) electrons. The van der Waals surface area contributed by atoms with Gasteiger partial charge in [0.15, 0.2) is 17.1 Å². The summed E-state index contributed by atoms with van der Waals surface area (Å²) in [6.45, 7) is 3.67. The van der Waals surface area contributed by atoms with Gasteiger partial charge in [-0.1, -0.05) is 0 Å². The lowest BCUT2D eigenvalue weighted by molar-refractivity contribution is -0.142. The summed E-state index contributed by atoms with van der Waals surface area (Å²) in [7, 11) is 0. The molecule has 2 N–H and O–H groups in total. The van der Waals surface area contributed by atoms with E-state index in [9.17, 15) is 22.8 Å². The summed E-state index contributed by atoms with van der Waals surface area (Å²) < 4.78 is 46.6. The average molecular weight is 425 g/mol. The van der Waals surface area contributed by atoms with E-state index in [1.807, 2.05) is 6.92 Å². The van der Waals surface area contributed by atoms with Crippen molar-refractivity contribution in [3.63, 3.8) is 0 Å². The van der Waals surface area contributed by atoms with Gasteiger partial charge < -0.3 is 15.2 Å².